The predicted octanol–water partition coefficient (Wildman–Crippen LogP) is 2.36. The monoisotopic (exact) mass is 285 g/mol. The van der Waals surface area contributed by atoms with Gasteiger partial charge in [-0.2, -0.15) is 5.26 Å². The van der Waals surface area contributed by atoms with Gasteiger partial charge in [0.05, 0.1) is 12.5 Å². The molecule has 1 aliphatic heterocycles. The summed E-state index contributed by atoms with van der Waals surface area (Å²) in [6, 6.07) is 9.54. The maximum absolute atomic E-state index is 12.2. The van der Waals surface area contributed by atoms with E-state index in [9.17, 15) is 4.79 Å². The summed E-state index contributed by atoms with van der Waals surface area (Å²) in [5.41, 5.74) is 1.52. The SMILES string of the molecule is CC(CN1CCCCC1)NC(=O)c1cccc(CC#N)c1. The minimum absolute atomic E-state index is 0.0562. The molecule has 0 aromatic heterocycles. The van der Waals surface area contributed by atoms with Crippen LogP contribution in [-0.2, 0) is 6.42 Å². The first-order valence-electron chi connectivity index (χ1n) is 7.68. The van der Waals surface area contributed by atoms with Crippen LogP contribution in [-0.4, -0.2) is 36.5 Å². The summed E-state index contributed by atoms with van der Waals surface area (Å²) in [5.74, 6) is -0.0562. The maximum atomic E-state index is 12.2. The molecule has 0 spiro atoms. The molecule has 0 aliphatic carbocycles. The third kappa shape index (κ3) is 4.87. The molecule has 1 aromatic rings. The molecule has 112 valence electrons. The van der Waals surface area contributed by atoms with Crippen molar-refractivity contribution in [3.63, 3.8) is 0 Å². The highest BCUT2D eigenvalue weighted by Gasteiger charge is 2.15. The van der Waals surface area contributed by atoms with E-state index < -0.39 is 0 Å². The topological polar surface area (TPSA) is 56.1 Å². The summed E-state index contributed by atoms with van der Waals surface area (Å²) in [6.45, 7) is 5.23. The van der Waals surface area contributed by atoms with Crippen molar-refractivity contribution < 1.29 is 4.79 Å². The average molecular weight is 285 g/mol. The zero-order valence-corrected chi connectivity index (χ0v) is 12.6. The van der Waals surface area contributed by atoms with E-state index in [2.05, 4.69) is 16.3 Å². The molecule has 1 atom stereocenters. The number of rotatable bonds is 5. The number of nitrogens with one attached hydrogen (secondary N) is 1. The van der Waals surface area contributed by atoms with Gasteiger partial charge in [0.2, 0.25) is 0 Å². The van der Waals surface area contributed by atoms with Gasteiger partial charge in [0.25, 0.3) is 5.91 Å². The fourth-order valence-corrected chi connectivity index (χ4v) is 2.80. The number of carbonyl (C=O) groups excluding carboxylic acids is 1. The van der Waals surface area contributed by atoms with Gasteiger partial charge >= 0.3 is 0 Å². The number of hydrogen-bond donors (Lipinski definition) is 1. The van der Waals surface area contributed by atoms with Gasteiger partial charge in [-0.15, -0.1) is 0 Å². The van der Waals surface area contributed by atoms with Crippen LogP contribution in [0.15, 0.2) is 24.3 Å². The number of carbonyl (C=O) groups is 1. The lowest BCUT2D eigenvalue weighted by Gasteiger charge is -2.29. The molecule has 0 bridgehead atoms. The Balaban J connectivity index is 1.88. The van der Waals surface area contributed by atoms with E-state index in [1.54, 1.807) is 12.1 Å². The Labute approximate surface area is 126 Å². The normalized spacial score (nSPS) is 17.0. The zero-order chi connectivity index (χ0) is 15.1. The molecule has 0 saturated carbocycles. The second-order valence-electron chi connectivity index (χ2n) is 5.77. The quantitative estimate of drug-likeness (QED) is 0.903. The van der Waals surface area contributed by atoms with Gasteiger partial charge in [0, 0.05) is 18.2 Å². The molecule has 1 amide bonds. The van der Waals surface area contributed by atoms with Crippen LogP contribution < -0.4 is 5.32 Å². The van der Waals surface area contributed by atoms with E-state index >= 15 is 0 Å². The molecule has 1 N–H and O–H groups in total. The van der Waals surface area contributed by atoms with Gasteiger partial charge in [-0.1, -0.05) is 18.6 Å². The van der Waals surface area contributed by atoms with Gasteiger partial charge in [-0.05, 0) is 50.6 Å². The Morgan fingerprint density at radius 1 is 1.38 bits per heavy atom. The van der Waals surface area contributed by atoms with E-state index in [1.807, 2.05) is 19.1 Å². The van der Waals surface area contributed by atoms with E-state index in [4.69, 9.17) is 5.26 Å². The summed E-state index contributed by atoms with van der Waals surface area (Å²) in [7, 11) is 0. The van der Waals surface area contributed by atoms with E-state index in [0.29, 0.717) is 12.0 Å². The molecule has 4 heteroatoms. The zero-order valence-electron chi connectivity index (χ0n) is 12.6. The first-order chi connectivity index (χ1) is 10.2. The molecule has 1 saturated heterocycles. The summed E-state index contributed by atoms with van der Waals surface area (Å²) >= 11 is 0. The minimum Gasteiger partial charge on any atom is -0.348 e. The van der Waals surface area contributed by atoms with Gasteiger partial charge in [-0.3, -0.25) is 4.79 Å². The van der Waals surface area contributed by atoms with E-state index in [1.165, 1.54) is 19.3 Å². The standard InChI is InChI=1S/C17H23N3O/c1-14(13-20-10-3-2-4-11-20)19-17(21)16-7-5-6-15(12-16)8-9-18/h5-7,12,14H,2-4,8,10-11,13H2,1H3,(H,19,21). The molecule has 2 rings (SSSR count). The minimum atomic E-state index is -0.0562. The number of benzene rings is 1. The number of piperidine rings is 1. The van der Waals surface area contributed by atoms with Crippen molar-refractivity contribution in [3.05, 3.63) is 35.4 Å². The van der Waals surface area contributed by atoms with Crippen LogP contribution in [0.25, 0.3) is 0 Å². The highest BCUT2D eigenvalue weighted by molar-refractivity contribution is 5.94. The van der Waals surface area contributed by atoms with Crippen LogP contribution in [0.5, 0.6) is 0 Å². The maximum Gasteiger partial charge on any atom is 0.251 e. The van der Waals surface area contributed by atoms with Crippen LogP contribution in [0.3, 0.4) is 0 Å². The van der Waals surface area contributed by atoms with Gasteiger partial charge in [-0.25, -0.2) is 0 Å². The second-order valence-corrected chi connectivity index (χ2v) is 5.77. The Morgan fingerprint density at radius 3 is 2.86 bits per heavy atom. The van der Waals surface area contributed by atoms with E-state index in [0.717, 1.165) is 25.2 Å². The Morgan fingerprint density at radius 2 is 2.14 bits per heavy atom. The molecule has 4 nitrogen and oxygen atoms in total. The van der Waals surface area contributed by atoms with Gasteiger partial charge in [0.1, 0.15) is 0 Å². The molecular weight excluding hydrogens is 262 g/mol. The van der Waals surface area contributed by atoms with Crippen LogP contribution in [0.1, 0.15) is 42.1 Å². The number of nitriles is 1. The van der Waals surface area contributed by atoms with Crippen molar-refractivity contribution in [2.24, 2.45) is 0 Å². The van der Waals surface area contributed by atoms with Crippen LogP contribution in [0.2, 0.25) is 0 Å². The van der Waals surface area contributed by atoms with Crippen molar-refractivity contribution in [1.29, 1.82) is 5.26 Å². The lowest BCUT2D eigenvalue weighted by atomic mass is 10.1. The van der Waals surface area contributed by atoms with Crippen molar-refractivity contribution in [1.82, 2.24) is 10.2 Å². The molecule has 1 unspecified atom stereocenters. The molecule has 1 aromatic carbocycles. The van der Waals surface area contributed by atoms with E-state index in [-0.39, 0.29) is 11.9 Å². The number of amides is 1. The Hall–Kier alpha value is -1.86. The fourth-order valence-electron chi connectivity index (χ4n) is 2.80. The lowest BCUT2D eigenvalue weighted by Crippen LogP contribution is -2.43. The molecular formula is C17H23N3O. The summed E-state index contributed by atoms with van der Waals surface area (Å²) in [4.78, 5) is 14.7. The third-order valence-electron chi connectivity index (χ3n) is 3.83. The molecule has 1 fully saturated rings. The molecule has 1 heterocycles. The van der Waals surface area contributed by atoms with Crippen LogP contribution in [0, 0.1) is 11.3 Å². The number of nitrogens with zero attached hydrogens (tertiary/aromatic N) is 2. The number of hydrogen-bond acceptors (Lipinski definition) is 3. The summed E-state index contributed by atoms with van der Waals surface area (Å²) in [5, 5.41) is 11.8. The molecule has 1 aliphatic rings. The highest BCUT2D eigenvalue weighted by Crippen LogP contribution is 2.10. The summed E-state index contributed by atoms with van der Waals surface area (Å²) in [6.07, 6.45) is 4.18. The van der Waals surface area contributed by atoms with Gasteiger partial charge < -0.3 is 10.2 Å². The smallest absolute Gasteiger partial charge is 0.251 e. The average Bonchev–Trinajstić information content (AvgIpc) is 2.48. The Bertz CT molecular complexity index is 515. The van der Waals surface area contributed by atoms with Crippen molar-refractivity contribution in [2.75, 3.05) is 19.6 Å². The largest absolute Gasteiger partial charge is 0.348 e. The molecule has 0 radical (unpaired) electrons. The van der Waals surface area contributed by atoms with Crippen LogP contribution >= 0.6 is 0 Å². The van der Waals surface area contributed by atoms with Gasteiger partial charge in [0.15, 0.2) is 0 Å². The van der Waals surface area contributed by atoms with Crippen molar-refractivity contribution in [3.8, 4) is 6.07 Å². The highest BCUT2D eigenvalue weighted by atomic mass is 16.1. The Kier molecular flexibility index (Phi) is 5.77. The van der Waals surface area contributed by atoms with Crippen LogP contribution in [0.4, 0.5) is 0 Å². The number of likely N-dealkylation sites (tertiary alicyclic amines) is 1. The third-order valence-corrected chi connectivity index (χ3v) is 3.83. The first kappa shape index (κ1) is 15.5. The second kappa shape index (κ2) is 7.80. The summed E-state index contributed by atoms with van der Waals surface area (Å²) < 4.78 is 0. The fraction of sp³-hybridized carbons (Fsp3) is 0.529. The lowest BCUT2D eigenvalue weighted by molar-refractivity contribution is 0.0925. The van der Waals surface area contributed by atoms with Crippen molar-refractivity contribution in [2.45, 2.75) is 38.6 Å². The predicted molar refractivity (Wildman–Crippen MR) is 83.0 cm³/mol. The van der Waals surface area contributed by atoms with Crippen molar-refractivity contribution >= 4 is 5.91 Å². The molecule has 21 heavy (non-hydrogen) atoms. The first-order valence-corrected chi connectivity index (χ1v) is 7.68.